The van der Waals surface area contributed by atoms with Crippen LogP contribution in [0.1, 0.15) is 10.4 Å². The summed E-state index contributed by atoms with van der Waals surface area (Å²) >= 11 is 6.33. The average molecular weight is 450 g/mol. The van der Waals surface area contributed by atoms with Crippen LogP contribution in [0.4, 0.5) is 5.69 Å². The maximum Gasteiger partial charge on any atom is 0.259 e. The zero-order valence-corrected chi connectivity index (χ0v) is 14.9. The zero-order valence-electron chi connectivity index (χ0n) is 10.9. The van der Waals surface area contributed by atoms with Crippen molar-refractivity contribution < 1.29 is 18.3 Å². The molecule has 0 aliphatic rings. The second kappa shape index (κ2) is 6.37. The van der Waals surface area contributed by atoms with E-state index in [9.17, 15) is 18.3 Å². The Balaban J connectivity index is 2.43. The van der Waals surface area contributed by atoms with Gasteiger partial charge >= 0.3 is 0 Å². The van der Waals surface area contributed by atoms with Crippen LogP contribution in [0.25, 0.3) is 0 Å². The summed E-state index contributed by atoms with van der Waals surface area (Å²) in [5, 5.41) is 17.5. The standard InChI is InChI=1S/C13H10Br2N2O4S/c14-7-5-8(12(18)9(15)6-7)13(19)17-10-3-1-2-4-11(10)22(16,20)21/h1-6,18H,(H,17,19)(H2,16,20,21). The molecular weight excluding hydrogens is 440 g/mol. The summed E-state index contributed by atoms with van der Waals surface area (Å²) in [4.78, 5) is 12.1. The SMILES string of the molecule is NS(=O)(=O)c1ccccc1NC(=O)c1cc(Br)cc(Br)c1O. The van der Waals surface area contributed by atoms with Crippen LogP contribution in [-0.2, 0) is 10.0 Å². The van der Waals surface area contributed by atoms with Crippen LogP contribution in [0, 0.1) is 0 Å². The number of halogens is 2. The van der Waals surface area contributed by atoms with Gasteiger partial charge in [0.2, 0.25) is 10.0 Å². The van der Waals surface area contributed by atoms with E-state index >= 15 is 0 Å². The van der Waals surface area contributed by atoms with Gasteiger partial charge < -0.3 is 10.4 Å². The Morgan fingerprint density at radius 2 is 1.82 bits per heavy atom. The Bertz CT molecular complexity index is 853. The van der Waals surface area contributed by atoms with Crippen molar-refractivity contribution in [3.05, 3.63) is 50.9 Å². The van der Waals surface area contributed by atoms with Crippen molar-refractivity contribution in [3.63, 3.8) is 0 Å². The second-order valence-corrected chi connectivity index (χ2v) is 7.58. The fraction of sp³-hybridized carbons (Fsp3) is 0. The third-order valence-corrected chi connectivity index (χ3v) is 4.75. The highest BCUT2D eigenvalue weighted by molar-refractivity contribution is 9.11. The number of benzene rings is 2. The van der Waals surface area contributed by atoms with Crippen LogP contribution in [-0.4, -0.2) is 19.4 Å². The normalized spacial score (nSPS) is 11.2. The van der Waals surface area contributed by atoms with Crippen molar-refractivity contribution in [3.8, 4) is 5.75 Å². The van der Waals surface area contributed by atoms with Gasteiger partial charge in [-0.05, 0) is 40.2 Å². The topological polar surface area (TPSA) is 109 Å². The van der Waals surface area contributed by atoms with E-state index in [-0.39, 0.29) is 21.9 Å². The van der Waals surface area contributed by atoms with Crippen LogP contribution in [0.3, 0.4) is 0 Å². The largest absolute Gasteiger partial charge is 0.506 e. The number of para-hydroxylation sites is 1. The first-order valence-corrected chi connectivity index (χ1v) is 8.94. The number of phenolic OH excluding ortho intramolecular Hbond substituents is 1. The monoisotopic (exact) mass is 448 g/mol. The molecule has 0 aliphatic heterocycles. The number of amides is 1. The molecule has 0 radical (unpaired) electrons. The van der Waals surface area contributed by atoms with E-state index in [4.69, 9.17) is 5.14 Å². The number of rotatable bonds is 3. The first-order valence-electron chi connectivity index (χ1n) is 5.81. The second-order valence-electron chi connectivity index (χ2n) is 4.28. The number of carbonyl (C=O) groups is 1. The molecule has 6 nitrogen and oxygen atoms in total. The first-order chi connectivity index (χ1) is 10.2. The van der Waals surface area contributed by atoms with E-state index in [1.54, 1.807) is 12.1 Å². The molecule has 2 rings (SSSR count). The van der Waals surface area contributed by atoms with Gasteiger partial charge in [0, 0.05) is 4.47 Å². The van der Waals surface area contributed by atoms with Gasteiger partial charge in [0.25, 0.3) is 5.91 Å². The quantitative estimate of drug-likeness (QED) is 0.669. The minimum atomic E-state index is -3.98. The summed E-state index contributed by atoms with van der Waals surface area (Å²) in [7, 11) is -3.98. The molecular formula is C13H10Br2N2O4S. The van der Waals surface area contributed by atoms with E-state index in [1.165, 1.54) is 24.3 Å². The highest BCUT2D eigenvalue weighted by atomic mass is 79.9. The van der Waals surface area contributed by atoms with Gasteiger partial charge in [-0.2, -0.15) is 0 Å². The molecule has 0 heterocycles. The molecule has 0 saturated carbocycles. The lowest BCUT2D eigenvalue weighted by atomic mass is 10.2. The van der Waals surface area contributed by atoms with Crippen molar-refractivity contribution in [1.82, 2.24) is 0 Å². The van der Waals surface area contributed by atoms with Gasteiger partial charge in [-0.1, -0.05) is 28.1 Å². The lowest BCUT2D eigenvalue weighted by Gasteiger charge is -2.11. The molecule has 22 heavy (non-hydrogen) atoms. The zero-order chi connectivity index (χ0) is 16.5. The van der Waals surface area contributed by atoms with Crippen molar-refractivity contribution in [1.29, 1.82) is 0 Å². The van der Waals surface area contributed by atoms with Gasteiger partial charge in [-0.3, -0.25) is 4.79 Å². The average Bonchev–Trinajstić information content (AvgIpc) is 2.42. The number of carbonyl (C=O) groups excluding carboxylic acids is 1. The third-order valence-electron chi connectivity index (χ3n) is 2.71. The van der Waals surface area contributed by atoms with Gasteiger partial charge in [0.05, 0.1) is 15.7 Å². The summed E-state index contributed by atoms with van der Waals surface area (Å²) in [6, 6.07) is 8.71. The van der Waals surface area contributed by atoms with Crippen LogP contribution in [0.5, 0.6) is 5.75 Å². The molecule has 0 saturated heterocycles. The fourth-order valence-corrected chi connectivity index (χ4v) is 3.67. The summed E-state index contributed by atoms with van der Waals surface area (Å²) in [6.07, 6.45) is 0. The summed E-state index contributed by atoms with van der Waals surface area (Å²) in [5.74, 6) is -0.926. The van der Waals surface area contributed by atoms with Gasteiger partial charge in [-0.25, -0.2) is 13.6 Å². The predicted molar refractivity (Wildman–Crippen MR) is 89.3 cm³/mol. The number of anilines is 1. The van der Waals surface area contributed by atoms with E-state index in [2.05, 4.69) is 37.2 Å². The maximum atomic E-state index is 12.3. The summed E-state index contributed by atoms with van der Waals surface area (Å²) < 4.78 is 23.9. The van der Waals surface area contributed by atoms with Crippen LogP contribution >= 0.6 is 31.9 Å². The number of nitrogens with one attached hydrogen (secondary N) is 1. The highest BCUT2D eigenvalue weighted by Crippen LogP contribution is 2.32. The fourth-order valence-electron chi connectivity index (χ4n) is 1.75. The Kier molecular flexibility index (Phi) is 4.90. The minimum Gasteiger partial charge on any atom is -0.506 e. The molecule has 0 aliphatic carbocycles. The smallest absolute Gasteiger partial charge is 0.259 e. The van der Waals surface area contributed by atoms with E-state index < -0.39 is 15.9 Å². The predicted octanol–water partition coefficient (Wildman–Crippen LogP) is 2.82. The number of primary sulfonamides is 1. The molecule has 0 unspecified atom stereocenters. The minimum absolute atomic E-state index is 0.0227. The molecule has 0 bridgehead atoms. The number of nitrogens with two attached hydrogens (primary N) is 1. The molecule has 1 amide bonds. The molecule has 2 aromatic carbocycles. The molecule has 0 atom stereocenters. The molecule has 2 aromatic rings. The van der Waals surface area contributed by atoms with E-state index in [1.807, 2.05) is 0 Å². The summed E-state index contributed by atoms with van der Waals surface area (Å²) in [5.41, 5.74) is 0.0102. The Morgan fingerprint density at radius 3 is 2.45 bits per heavy atom. The Hall–Kier alpha value is -1.42. The molecule has 0 spiro atoms. The van der Waals surface area contributed by atoms with Crippen LogP contribution in [0.15, 0.2) is 50.2 Å². The molecule has 0 aromatic heterocycles. The first kappa shape index (κ1) is 16.9. The van der Waals surface area contributed by atoms with Crippen molar-refractivity contribution in [2.24, 2.45) is 5.14 Å². The number of aromatic hydroxyl groups is 1. The Labute approximate surface area is 143 Å². The third kappa shape index (κ3) is 3.67. The van der Waals surface area contributed by atoms with Gasteiger partial charge in [0.1, 0.15) is 10.6 Å². The highest BCUT2D eigenvalue weighted by Gasteiger charge is 2.19. The molecule has 9 heteroatoms. The number of hydrogen-bond acceptors (Lipinski definition) is 4. The number of phenols is 1. The Morgan fingerprint density at radius 1 is 1.18 bits per heavy atom. The molecule has 116 valence electrons. The van der Waals surface area contributed by atoms with E-state index in [0.29, 0.717) is 8.95 Å². The van der Waals surface area contributed by atoms with Crippen molar-refractivity contribution in [2.75, 3.05) is 5.32 Å². The lowest BCUT2D eigenvalue weighted by Crippen LogP contribution is -2.18. The van der Waals surface area contributed by atoms with Crippen molar-refractivity contribution >= 4 is 53.5 Å². The molecule has 0 fully saturated rings. The number of hydrogen-bond donors (Lipinski definition) is 3. The van der Waals surface area contributed by atoms with Gasteiger partial charge in [0.15, 0.2) is 0 Å². The maximum absolute atomic E-state index is 12.3. The summed E-state index contributed by atoms with van der Waals surface area (Å²) in [6.45, 7) is 0. The van der Waals surface area contributed by atoms with Gasteiger partial charge in [-0.15, -0.1) is 0 Å². The number of sulfonamides is 1. The van der Waals surface area contributed by atoms with E-state index in [0.717, 1.165) is 0 Å². The van der Waals surface area contributed by atoms with Crippen LogP contribution in [0.2, 0.25) is 0 Å². The van der Waals surface area contributed by atoms with Crippen molar-refractivity contribution in [2.45, 2.75) is 4.90 Å². The lowest BCUT2D eigenvalue weighted by molar-refractivity contribution is 0.102. The van der Waals surface area contributed by atoms with Crippen LogP contribution < -0.4 is 10.5 Å². The molecule has 4 N–H and O–H groups in total.